The van der Waals surface area contributed by atoms with Crippen LogP contribution in [0.3, 0.4) is 0 Å². The number of Topliss-reactive ketones (excluding diaryl/α,β-unsaturated/α-hetero) is 1. The van der Waals surface area contributed by atoms with Crippen LogP contribution in [0.5, 0.6) is 0 Å². The van der Waals surface area contributed by atoms with Crippen molar-refractivity contribution in [2.24, 2.45) is 5.92 Å². The Morgan fingerprint density at radius 1 is 1.11 bits per heavy atom. The molecule has 1 aliphatic carbocycles. The van der Waals surface area contributed by atoms with Gasteiger partial charge < -0.3 is 0 Å². The zero-order valence-electron chi connectivity index (χ0n) is 16.2. The summed E-state index contributed by atoms with van der Waals surface area (Å²) in [6.45, 7) is 1.94. The minimum Gasteiger partial charge on any atom is -0.294 e. The van der Waals surface area contributed by atoms with E-state index in [-0.39, 0.29) is 17.5 Å². The van der Waals surface area contributed by atoms with Crippen LogP contribution >= 0.6 is 0 Å². The predicted octanol–water partition coefficient (Wildman–Crippen LogP) is 5.73. The van der Waals surface area contributed by atoms with Crippen LogP contribution in [0.25, 0.3) is 11.0 Å². The van der Waals surface area contributed by atoms with Gasteiger partial charge in [-0.3, -0.25) is 9.89 Å². The van der Waals surface area contributed by atoms with Crippen molar-refractivity contribution in [1.29, 1.82) is 0 Å². The number of nitrogens with one attached hydrogen (secondary N) is 1. The lowest BCUT2D eigenvalue weighted by atomic mass is 9.85. The Labute approximate surface area is 164 Å². The number of halogens is 1. The summed E-state index contributed by atoms with van der Waals surface area (Å²) in [4.78, 5) is 17.6. The van der Waals surface area contributed by atoms with E-state index in [0.29, 0.717) is 17.1 Å². The maximum Gasteiger partial charge on any atom is 0.181 e. The number of carbonyl (C=O) groups is 1. The number of hydrogen-bond donors (Lipinski definition) is 1. The zero-order chi connectivity index (χ0) is 19.5. The molecule has 0 amide bonds. The largest absolute Gasteiger partial charge is 0.294 e. The van der Waals surface area contributed by atoms with Gasteiger partial charge in [-0.15, -0.1) is 0 Å². The highest BCUT2D eigenvalue weighted by atomic mass is 19.1. The van der Waals surface area contributed by atoms with Crippen molar-refractivity contribution in [2.45, 2.75) is 57.8 Å². The van der Waals surface area contributed by atoms with Gasteiger partial charge in [0.15, 0.2) is 11.4 Å². The van der Waals surface area contributed by atoms with Gasteiger partial charge in [-0.1, -0.05) is 31.4 Å². The zero-order valence-corrected chi connectivity index (χ0v) is 16.2. The summed E-state index contributed by atoms with van der Waals surface area (Å²) in [6.07, 6.45) is 8.69. The third kappa shape index (κ3) is 3.98. The molecule has 4 nitrogen and oxygen atoms in total. The molecule has 0 bridgehead atoms. The minimum atomic E-state index is -0.181. The van der Waals surface area contributed by atoms with Crippen molar-refractivity contribution in [3.05, 3.63) is 59.2 Å². The molecule has 146 valence electrons. The summed E-state index contributed by atoms with van der Waals surface area (Å²) < 4.78 is 13.7. The molecular weight excluding hydrogens is 353 g/mol. The summed E-state index contributed by atoms with van der Waals surface area (Å²) in [7, 11) is 0. The number of H-pyrrole nitrogens is 1. The number of carbonyl (C=O) groups excluding carboxylic acids is 1. The number of aromatic nitrogens is 3. The van der Waals surface area contributed by atoms with E-state index in [0.717, 1.165) is 61.6 Å². The van der Waals surface area contributed by atoms with Gasteiger partial charge in [-0.05, 0) is 62.3 Å². The van der Waals surface area contributed by atoms with Gasteiger partial charge in [0.2, 0.25) is 0 Å². The Bertz CT molecular complexity index is 981. The van der Waals surface area contributed by atoms with Crippen molar-refractivity contribution < 1.29 is 9.18 Å². The standard InChI is InChI=1S/C23H26FN3O/c1-15-21-13-19(14-25-23(21)27-26-15)22(28)17-7-4-2-3-6-16(10-11-17)18-8-5-9-20(24)12-18/h5,8-9,12-14,16-17H,2-4,6-7,10-11H2,1H3,(H,25,26,27)/t16-,17?/m1/s1. The highest BCUT2D eigenvalue weighted by Gasteiger charge is 2.24. The Morgan fingerprint density at radius 3 is 2.82 bits per heavy atom. The van der Waals surface area contributed by atoms with Crippen LogP contribution < -0.4 is 0 Å². The summed E-state index contributed by atoms with van der Waals surface area (Å²) in [5.74, 6) is 0.316. The molecule has 1 unspecified atom stereocenters. The molecule has 2 heterocycles. The first-order chi connectivity index (χ1) is 13.6. The fraction of sp³-hybridized carbons (Fsp3) is 0.435. The van der Waals surface area contributed by atoms with Crippen LogP contribution in [0, 0.1) is 18.7 Å². The van der Waals surface area contributed by atoms with Crippen molar-refractivity contribution >= 4 is 16.8 Å². The lowest BCUT2D eigenvalue weighted by Gasteiger charge is -2.19. The average molecular weight is 379 g/mol. The van der Waals surface area contributed by atoms with E-state index < -0.39 is 0 Å². The topological polar surface area (TPSA) is 58.6 Å². The molecule has 1 aromatic carbocycles. The first-order valence-corrected chi connectivity index (χ1v) is 10.2. The fourth-order valence-electron chi connectivity index (χ4n) is 4.40. The van der Waals surface area contributed by atoms with E-state index in [1.54, 1.807) is 18.3 Å². The molecule has 2 aromatic heterocycles. The Morgan fingerprint density at radius 2 is 1.96 bits per heavy atom. The van der Waals surface area contributed by atoms with E-state index >= 15 is 0 Å². The Balaban J connectivity index is 1.54. The summed E-state index contributed by atoms with van der Waals surface area (Å²) in [5, 5.41) is 7.98. The van der Waals surface area contributed by atoms with Crippen LogP contribution in [-0.4, -0.2) is 21.0 Å². The molecular formula is C23H26FN3O. The van der Waals surface area contributed by atoms with Gasteiger partial charge in [-0.2, -0.15) is 5.10 Å². The second kappa shape index (κ2) is 8.21. The van der Waals surface area contributed by atoms with Gasteiger partial charge in [-0.25, -0.2) is 9.37 Å². The molecule has 0 spiro atoms. The molecule has 1 fully saturated rings. The third-order valence-electron chi connectivity index (χ3n) is 6.04. The minimum absolute atomic E-state index is 0.000571. The molecule has 0 saturated heterocycles. The highest BCUT2D eigenvalue weighted by Crippen LogP contribution is 2.34. The van der Waals surface area contributed by atoms with Gasteiger partial charge in [0.05, 0.1) is 0 Å². The number of aryl methyl sites for hydroxylation is 1. The summed E-state index contributed by atoms with van der Waals surface area (Å²) in [5.41, 5.74) is 3.31. The average Bonchev–Trinajstić information content (AvgIpc) is 3.12. The molecule has 0 aliphatic heterocycles. The first kappa shape index (κ1) is 18.8. The Hall–Kier alpha value is -2.56. The van der Waals surface area contributed by atoms with Crippen LogP contribution in [0.1, 0.15) is 72.5 Å². The molecule has 0 radical (unpaired) electrons. The number of aromatic amines is 1. The van der Waals surface area contributed by atoms with E-state index in [1.807, 2.05) is 19.1 Å². The summed E-state index contributed by atoms with van der Waals surface area (Å²) in [6, 6.07) is 8.86. The maximum atomic E-state index is 13.7. The van der Waals surface area contributed by atoms with Crippen molar-refractivity contribution in [3.63, 3.8) is 0 Å². The molecule has 1 N–H and O–H groups in total. The number of ketones is 1. The number of rotatable bonds is 3. The molecule has 1 aliphatic rings. The first-order valence-electron chi connectivity index (χ1n) is 10.2. The number of pyridine rings is 1. The van der Waals surface area contributed by atoms with Crippen molar-refractivity contribution in [2.75, 3.05) is 0 Å². The lowest BCUT2D eigenvalue weighted by Crippen LogP contribution is -2.16. The monoisotopic (exact) mass is 379 g/mol. The quantitative estimate of drug-likeness (QED) is 0.591. The van der Waals surface area contributed by atoms with Crippen molar-refractivity contribution in [3.8, 4) is 0 Å². The molecule has 28 heavy (non-hydrogen) atoms. The SMILES string of the molecule is Cc1[nH]nc2ncc(C(=O)C3CCCCC[C@@H](c4cccc(F)c4)CC3)cc12. The van der Waals surface area contributed by atoms with Crippen LogP contribution in [0.2, 0.25) is 0 Å². The highest BCUT2D eigenvalue weighted by molar-refractivity contribution is 6.00. The third-order valence-corrected chi connectivity index (χ3v) is 6.04. The molecule has 4 rings (SSSR count). The number of nitrogens with zero attached hydrogens (tertiary/aromatic N) is 2. The van der Waals surface area contributed by atoms with E-state index in [1.165, 1.54) is 6.07 Å². The van der Waals surface area contributed by atoms with Gasteiger partial charge in [0.1, 0.15) is 5.82 Å². The second-order valence-electron chi connectivity index (χ2n) is 7.97. The molecule has 3 aromatic rings. The smallest absolute Gasteiger partial charge is 0.181 e. The van der Waals surface area contributed by atoms with E-state index in [9.17, 15) is 9.18 Å². The number of benzene rings is 1. The van der Waals surface area contributed by atoms with Crippen LogP contribution in [0.15, 0.2) is 36.5 Å². The second-order valence-corrected chi connectivity index (χ2v) is 7.97. The lowest BCUT2D eigenvalue weighted by molar-refractivity contribution is 0.0902. The van der Waals surface area contributed by atoms with Crippen molar-refractivity contribution in [1.82, 2.24) is 15.2 Å². The fourth-order valence-corrected chi connectivity index (χ4v) is 4.40. The number of fused-ring (bicyclic) bond motifs is 1. The van der Waals surface area contributed by atoms with Gasteiger partial charge >= 0.3 is 0 Å². The maximum absolute atomic E-state index is 13.7. The van der Waals surface area contributed by atoms with Crippen LogP contribution in [0.4, 0.5) is 4.39 Å². The van der Waals surface area contributed by atoms with E-state index in [4.69, 9.17) is 0 Å². The molecule has 5 heteroatoms. The molecule has 2 atom stereocenters. The Kier molecular flexibility index (Phi) is 5.51. The van der Waals surface area contributed by atoms with Gasteiger partial charge in [0, 0.05) is 28.8 Å². The van der Waals surface area contributed by atoms with E-state index in [2.05, 4.69) is 15.2 Å². The van der Waals surface area contributed by atoms with Crippen LogP contribution in [-0.2, 0) is 0 Å². The van der Waals surface area contributed by atoms with Gasteiger partial charge in [0.25, 0.3) is 0 Å². The summed E-state index contributed by atoms with van der Waals surface area (Å²) >= 11 is 0. The number of hydrogen-bond acceptors (Lipinski definition) is 3. The normalized spacial score (nSPS) is 21.1. The predicted molar refractivity (Wildman–Crippen MR) is 108 cm³/mol. The molecule has 1 saturated carbocycles.